The van der Waals surface area contributed by atoms with Crippen LogP contribution in [0.4, 0.5) is 0 Å². The molecule has 3 rings (SSSR count). The molecular weight excluding hydrogens is 324 g/mol. The Morgan fingerprint density at radius 1 is 1.30 bits per heavy atom. The van der Waals surface area contributed by atoms with Crippen molar-refractivity contribution >= 4 is 34.2 Å². The van der Waals surface area contributed by atoms with E-state index in [-0.39, 0.29) is 11.9 Å². The largest absolute Gasteiger partial charge is 0.358 e. The van der Waals surface area contributed by atoms with Gasteiger partial charge in [0, 0.05) is 20.1 Å². The number of carbonyl (C=O) groups excluding carboxylic acids is 1. The number of thioether (sulfide) groups is 1. The molecule has 1 aliphatic carbocycles. The van der Waals surface area contributed by atoms with Crippen molar-refractivity contribution in [2.24, 2.45) is 0 Å². The van der Waals surface area contributed by atoms with Crippen LogP contribution in [0.3, 0.4) is 0 Å². The predicted molar refractivity (Wildman–Crippen MR) is 101 cm³/mol. The number of hydrogen-bond acceptors (Lipinski definition) is 3. The van der Waals surface area contributed by atoms with E-state index < -0.39 is 0 Å². The van der Waals surface area contributed by atoms with Gasteiger partial charge in [0.15, 0.2) is 0 Å². The van der Waals surface area contributed by atoms with Gasteiger partial charge in [-0.05, 0) is 43.2 Å². The summed E-state index contributed by atoms with van der Waals surface area (Å²) in [7, 11) is 1.94. The summed E-state index contributed by atoms with van der Waals surface area (Å²) >= 11 is 6.98. The molecule has 124 valence electrons. The zero-order valence-corrected chi connectivity index (χ0v) is 15.3. The maximum atomic E-state index is 12.6. The number of carbonyl (C=O) groups is 1. The minimum absolute atomic E-state index is 0.179. The maximum absolute atomic E-state index is 12.6. The molecule has 0 bridgehead atoms. The van der Waals surface area contributed by atoms with Crippen LogP contribution in [0.25, 0.3) is 0 Å². The van der Waals surface area contributed by atoms with Crippen molar-refractivity contribution < 1.29 is 4.79 Å². The summed E-state index contributed by atoms with van der Waals surface area (Å²) in [6, 6.07) is 8.75. The van der Waals surface area contributed by atoms with Gasteiger partial charge in [-0.2, -0.15) is 0 Å². The second-order valence-electron chi connectivity index (χ2n) is 6.36. The first kappa shape index (κ1) is 16.8. The fourth-order valence-electron chi connectivity index (χ4n) is 3.52. The molecule has 1 unspecified atom stereocenters. The number of likely N-dealkylation sites (tertiary alicyclic amines) is 1. The van der Waals surface area contributed by atoms with Gasteiger partial charge in [0.1, 0.15) is 4.32 Å². The first-order valence-electron chi connectivity index (χ1n) is 8.42. The van der Waals surface area contributed by atoms with E-state index in [1.807, 2.05) is 11.9 Å². The number of nitrogens with zero attached hydrogens (tertiary/aromatic N) is 2. The number of thiocarbonyl (C=S) groups is 1. The molecule has 0 aromatic heterocycles. The van der Waals surface area contributed by atoms with Crippen LogP contribution in [0.15, 0.2) is 24.3 Å². The highest BCUT2D eigenvalue weighted by Crippen LogP contribution is 2.33. The number of benzene rings is 1. The molecule has 1 aliphatic heterocycles. The topological polar surface area (TPSA) is 23.6 Å². The van der Waals surface area contributed by atoms with E-state index in [0.717, 1.165) is 36.7 Å². The van der Waals surface area contributed by atoms with E-state index in [4.69, 9.17) is 12.2 Å². The van der Waals surface area contributed by atoms with Gasteiger partial charge < -0.3 is 9.80 Å². The van der Waals surface area contributed by atoms with Gasteiger partial charge in [0.05, 0.1) is 11.8 Å². The van der Waals surface area contributed by atoms with Crippen LogP contribution in [0.1, 0.15) is 42.9 Å². The lowest BCUT2D eigenvalue weighted by molar-refractivity contribution is -0.129. The second-order valence-corrected chi connectivity index (χ2v) is 7.97. The van der Waals surface area contributed by atoms with Crippen LogP contribution < -0.4 is 0 Å². The molecular formula is C18H24N2OS2. The second kappa shape index (κ2) is 7.67. The zero-order chi connectivity index (χ0) is 16.2. The smallest absolute Gasteiger partial charge is 0.233 e. The summed E-state index contributed by atoms with van der Waals surface area (Å²) in [6.45, 7) is 2.09. The lowest BCUT2D eigenvalue weighted by atomic mass is 9.87. The average Bonchev–Trinajstić information content (AvgIpc) is 3.13. The fraction of sp³-hybridized carbons (Fsp3) is 0.556. The normalized spacial score (nSPS) is 20.2. The molecule has 0 saturated carbocycles. The monoisotopic (exact) mass is 348 g/mol. The van der Waals surface area contributed by atoms with Gasteiger partial charge in [0.2, 0.25) is 5.91 Å². The molecule has 1 heterocycles. The van der Waals surface area contributed by atoms with Crippen molar-refractivity contribution in [2.75, 3.05) is 25.9 Å². The van der Waals surface area contributed by atoms with E-state index in [0.29, 0.717) is 5.75 Å². The number of aryl methyl sites for hydroxylation is 1. The minimum Gasteiger partial charge on any atom is -0.358 e. The van der Waals surface area contributed by atoms with Crippen LogP contribution in [0, 0.1) is 0 Å². The summed E-state index contributed by atoms with van der Waals surface area (Å²) in [5.41, 5.74) is 2.71. The van der Waals surface area contributed by atoms with Gasteiger partial charge in [-0.25, -0.2) is 0 Å². The van der Waals surface area contributed by atoms with Crippen molar-refractivity contribution in [3.8, 4) is 0 Å². The zero-order valence-electron chi connectivity index (χ0n) is 13.7. The molecule has 0 spiro atoms. The van der Waals surface area contributed by atoms with Crippen LogP contribution >= 0.6 is 24.0 Å². The van der Waals surface area contributed by atoms with E-state index in [1.54, 1.807) is 0 Å². The highest BCUT2D eigenvalue weighted by molar-refractivity contribution is 8.23. The lowest BCUT2D eigenvalue weighted by Crippen LogP contribution is -2.35. The minimum atomic E-state index is 0.179. The Hall–Kier alpha value is -1.07. The van der Waals surface area contributed by atoms with Crippen molar-refractivity contribution in [1.82, 2.24) is 9.80 Å². The van der Waals surface area contributed by atoms with Gasteiger partial charge in [-0.3, -0.25) is 4.79 Å². The maximum Gasteiger partial charge on any atom is 0.233 e. The summed E-state index contributed by atoms with van der Waals surface area (Å²) < 4.78 is 0.883. The molecule has 1 saturated heterocycles. The van der Waals surface area contributed by atoms with Crippen LogP contribution in [0.2, 0.25) is 0 Å². The standard InChI is InChI=1S/C18H24N2OS2/c1-19(16-10-6-8-14-7-2-3-9-15(14)16)17(21)13-23-18(22)20-11-4-5-12-20/h2-3,7,9,16H,4-6,8,10-13H2,1H3. The molecule has 2 aliphatic rings. The van der Waals surface area contributed by atoms with Crippen LogP contribution in [-0.2, 0) is 11.2 Å². The summed E-state index contributed by atoms with van der Waals surface area (Å²) in [6.07, 6.45) is 5.77. The molecule has 1 fully saturated rings. The van der Waals surface area contributed by atoms with Gasteiger partial charge in [-0.1, -0.05) is 48.2 Å². The van der Waals surface area contributed by atoms with E-state index in [2.05, 4.69) is 29.2 Å². The molecule has 1 amide bonds. The lowest BCUT2D eigenvalue weighted by Gasteiger charge is -2.33. The Balaban J connectivity index is 1.58. The average molecular weight is 349 g/mol. The SMILES string of the molecule is CN(C(=O)CSC(=S)N1CCCC1)C1CCCc2ccccc21. The quantitative estimate of drug-likeness (QED) is 0.778. The number of rotatable bonds is 3. The summed E-state index contributed by atoms with van der Waals surface area (Å²) in [4.78, 5) is 16.8. The molecule has 23 heavy (non-hydrogen) atoms. The Labute approximate surface area is 148 Å². The Kier molecular flexibility index (Phi) is 5.59. The van der Waals surface area contributed by atoms with E-state index in [1.165, 1.54) is 35.7 Å². The summed E-state index contributed by atoms with van der Waals surface area (Å²) in [5.74, 6) is 0.628. The Morgan fingerprint density at radius 3 is 2.83 bits per heavy atom. The van der Waals surface area contributed by atoms with Gasteiger partial charge in [-0.15, -0.1) is 0 Å². The van der Waals surface area contributed by atoms with Crippen molar-refractivity contribution in [1.29, 1.82) is 0 Å². The highest BCUT2D eigenvalue weighted by atomic mass is 32.2. The Bertz CT molecular complexity index is 584. The third-order valence-corrected chi connectivity index (χ3v) is 6.39. The third kappa shape index (κ3) is 3.89. The first-order chi connectivity index (χ1) is 11.2. The van der Waals surface area contributed by atoms with Crippen LogP contribution in [-0.4, -0.2) is 45.9 Å². The first-order valence-corrected chi connectivity index (χ1v) is 9.81. The molecule has 5 heteroatoms. The van der Waals surface area contributed by atoms with E-state index in [9.17, 15) is 4.79 Å². The van der Waals surface area contributed by atoms with Crippen LogP contribution in [0.5, 0.6) is 0 Å². The van der Waals surface area contributed by atoms with Crippen molar-refractivity contribution in [2.45, 2.75) is 38.1 Å². The van der Waals surface area contributed by atoms with E-state index >= 15 is 0 Å². The molecule has 0 radical (unpaired) electrons. The molecule has 1 atom stereocenters. The predicted octanol–water partition coefficient (Wildman–Crippen LogP) is 3.64. The van der Waals surface area contributed by atoms with Crippen molar-refractivity contribution in [3.05, 3.63) is 35.4 Å². The summed E-state index contributed by atoms with van der Waals surface area (Å²) in [5, 5.41) is 0. The third-order valence-electron chi connectivity index (χ3n) is 4.88. The van der Waals surface area contributed by atoms with Gasteiger partial charge >= 0.3 is 0 Å². The Morgan fingerprint density at radius 2 is 2.04 bits per heavy atom. The van der Waals surface area contributed by atoms with Crippen molar-refractivity contribution in [3.63, 3.8) is 0 Å². The molecule has 1 aromatic carbocycles. The fourth-order valence-corrected chi connectivity index (χ4v) is 4.70. The van der Waals surface area contributed by atoms with Gasteiger partial charge in [0.25, 0.3) is 0 Å². The number of amides is 1. The molecule has 0 N–H and O–H groups in total. The highest BCUT2D eigenvalue weighted by Gasteiger charge is 2.27. The number of fused-ring (bicyclic) bond motifs is 1. The molecule has 1 aromatic rings. The molecule has 3 nitrogen and oxygen atoms in total. The number of hydrogen-bond donors (Lipinski definition) is 0.